The molecule has 0 aliphatic carbocycles. The van der Waals surface area contributed by atoms with Crippen LogP contribution in [0.15, 0.2) is 24.3 Å². The Morgan fingerprint density at radius 2 is 1.96 bits per heavy atom. The van der Waals surface area contributed by atoms with E-state index in [2.05, 4.69) is 10.6 Å². The minimum atomic E-state index is -0.304. The molecule has 1 atom stereocenters. The van der Waals surface area contributed by atoms with E-state index in [9.17, 15) is 14.4 Å². The van der Waals surface area contributed by atoms with Gasteiger partial charge in [0.05, 0.1) is 16.5 Å². The molecule has 0 bridgehead atoms. The van der Waals surface area contributed by atoms with Gasteiger partial charge in [-0.2, -0.15) is 0 Å². The summed E-state index contributed by atoms with van der Waals surface area (Å²) in [5.41, 5.74) is 0.403. The number of carbonyl (C=O) groups excluding carboxylic acids is 3. The summed E-state index contributed by atoms with van der Waals surface area (Å²) in [5, 5.41) is 5.83. The van der Waals surface area contributed by atoms with Crippen LogP contribution in [-0.4, -0.2) is 48.8 Å². The van der Waals surface area contributed by atoms with Crippen LogP contribution < -0.4 is 10.6 Å². The zero-order valence-electron chi connectivity index (χ0n) is 13.0. The number of carbonyl (C=O) groups is 3. The van der Waals surface area contributed by atoms with Gasteiger partial charge >= 0.3 is 0 Å². The molecule has 2 rings (SSSR count). The van der Waals surface area contributed by atoms with Gasteiger partial charge in [0.1, 0.15) is 0 Å². The highest BCUT2D eigenvalue weighted by Crippen LogP contribution is 2.17. The van der Waals surface area contributed by atoms with Crippen molar-refractivity contribution < 1.29 is 14.4 Å². The van der Waals surface area contributed by atoms with Crippen LogP contribution in [0.1, 0.15) is 23.7 Å². The number of amides is 3. The van der Waals surface area contributed by atoms with Gasteiger partial charge in [0, 0.05) is 32.6 Å². The minimum absolute atomic E-state index is 0.0136. The highest BCUT2D eigenvalue weighted by Gasteiger charge is 2.32. The largest absolute Gasteiger partial charge is 0.354 e. The number of rotatable bonds is 6. The Labute approximate surface area is 140 Å². The SMILES string of the molecule is CCN1C[C@H](C(=O)NCCNC(=O)c2ccccc2Cl)CC1=O. The number of hydrogen-bond donors (Lipinski definition) is 2. The Hall–Kier alpha value is -2.08. The number of hydrogen-bond acceptors (Lipinski definition) is 3. The smallest absolute Gasteiger partial charge is 0.252 e. The van der Waals surface area contributed by atoms with Crippen molar-refractivity contribution in [2.45, 2.75) is 13.3 Å². The predicted octanol–water partition coefficient (Wildman–Crippen LogP) is 1.05. The van der Waals surface area contributed by atoms with E-state index in [1.807, 2.05) is 6.92 Å². The molecule has 1 aliphatic heterocycles. The number of nitrogens with zero attached hydrogens (tertiary/aromatic N) is 1. The van der Waals surface area contributed by atoms with Crippen molar-refractivity contribution in [1.29, 1.82) is 0 Å². The molecule has 1 fully saturated rings. The van der Waals surface area contributed by atoms with Crippen LogP contribution in [0.2, 0.25) is 5.02 Å². The van der Waals surface area contributed by atoms with Crippen LogP contribution in [0.3, 0.4) is 0 Å². The van der Waals surface area contributed by atoms with Gasteiger partial charge in [0.2, 0.25) is 11.8 Å². The van der Waals surface area contributed by atoms with E-state index in [1.54, 1.807) is 29.2 Å². The van der Waals surface area contributed by atoms with Crippen LogP contribution in [0, 0.1) is 5.92 Å². The summed E-state index contributed by atoms with van der Waals surface area (Å²) in [7, 11) is 0. The minimum Gasteiger partial charge on any atom is -0.354 e. The Bertz CT molecular complexity index is 606. The number of likely N-dealkylation sites (tertiary alicyclic amines) is 1. The Morgan fingerprint density at radius 1 is 1.26 bits per heavy atom. The van der Waals surface area contributed by atoms with Crippen molar-refractivity contribution in [3.8, 4) is 0 Å². The molecule has 124 valence electrons. The van der Waals surface area contributed by atoms with Gasteiger partial charge in [-0.05, 0) is 19.1 Å². The topological polar surface area (TPSA) is 78.5 Å². The summed E-state index contributed by atoms with van der Waals surface area (Å²) < 4.78 is 0. The summed E-state index contributed by atoms with van der Waals surface area (Å²) in [6.07, 6.45) is 0.256. The van der Waals surface area contributed by atoms with E-state index in [0.717, 1.165) is 0 Å². The van der Waals surface area contributed by atoms with Gasteiger partial charge in [-0.15, -0.1) is 0 Å². The Morgan fingerprint density at radius 3 is 2.61 bits per heavy atom. The fraction of sp³-hybridized carbons (Fsp3) is 0.438. The molecule has 6 nitrogen and oxygen atoms in total. The van der Waals surface area contributed by atoms with Gasteiger partial charge in [0.15, 0.2) is 0 Å². The summed E-state index contributed by atoms with van der Waals surface area (Å²) >= 11 is 5.94. The fourth-order valence-corrected chi connectivity index (χ4v) is 2.72. The number of nitrogens with one attached hydrogen (secondary N) is 2. The molecule has 3 amide bonds. The number of benzene rings is 1. The fourth-order valence-electron chi connectivity index (χ4n) is 2.50. The summed E-state index contributed by atoms with van der Waals surface area (Å²) in [4.78, 5) is 37.2. The van der Waals surface area contributed by atoms with Crippen LogP contribution in [0.5, 0.6) is 0 Å². The molecule has 0 aromatic heterocycles. The maximum atomic E-state index is 12.0. The van der Waals surface area contributed by atoms with Crippen LogP contribution >= 0.6 is 11.6 Å². The van der Waals surface area contributed by atoms with E-state index in [-0.39, 0.29) is 30.1 Å². The van der Waals surface area contributed by atoms with E-state index in [0.29, 0.717) is 36.8 Å². The molecule has 0 spiro atoms. The second-order valence-corrected chi connectivity index (χ2v) is 5.77. The Balaban J connectivity index is 1.71. The van der Waals surface area contributed by atoms with Crippen molar-refractivity contribution in [3.05, 3.63) is 34.9 Å². The molecule has 0 unspecified atom stereocenters. The molecular weight excluding hydrogens is 318 g/mol. The predicted molar refractivity (Wildman–Crippen MR) is 87.2 cm³/mol. The lowest BCUT2D eigenvalue weighted by molar-refractivity contribution is -0.128. The van der Waals surface area contributed by atoms with E-state index in [4.69, 9.17) is 11.6 Å². The first-order valence-corrected chi connectivity index (χ1v) is 7.99. The van der Waals surface area contributed by atoms with Crippen LogP contribution in [0.25, 0.3) is 0 Å². The lowest BCUT2D eigenvalue weighted by Gasteiger charge is -2.14. The maximum Gasteiger partial charge on any atom is 0.252 e. The van der Waals surface area contributed by atoms with Crippen molar-refractivity contribution >= 4 is 29.3 Å². The van der Waals surface area contributed by atoms with Crippen LogP contribution in [-0.2, 0) is 9.59 Å². The van der Waals surface area contributed by atoms with Gasteiger partial charge in [-0.1, -0.05) is 23.7 Å². The zero-order valence-corrected chi connectivity index (χ0v) is 13.7. The molecule has 23 heavy (non-hydrogen) atoms. The molecule has 0 radical (unpaired) electrons. The van der Waals surface area contributed by atoms with Gasteiger partial charge in [0.25, 0.3) is 5.91 Å². The third-order valence-corrected chi connectivity index (χ3v) is 4.12. The van der Waals surface area contributed by atoms with Gasteiger partial charge in [-0.3, -0.25) is 14.4 Å². The van der Waals surface area contributed by atoms with E-state index >= 15 is 0 Å². The van der Waals surface area contributed by atoms with Gasteiger partial charge < -0.3 is 15.5 Å². The first-order valence-electron chi connectivity index (χ1n) is 7.61. The molecule has 1 aromatic carbocycles. The number of halogens is 1. The molecule has 1 aromatic rings. The van der Waals surface area contributed by atoms with Crippen molar-refractivity contribution in [1.82, 2.24) is 15.5 Å². The lowest BCUT2D eigenvalue weighted by atomic mass is 10.1. The van der Waals surface area contributed by atoms with Gasteiger partial charge in [-0.25, -0.2) is 0 Å². The average Bonchev–Trinajstić information content (AvgIpc) is 2.92. The first-order chi connectivity index (χ1) is 11.0. The second kappa shape index (κ2) is 7.97. The first kappa shape index (κ1) is 17.3. The Kier molecular flexibility index (Phi) is 5.98. The average molecular weight is 338 g/mol. The molecule has 0 saturated carbocycles. The molecule has 1 heterocycles. The standard InChI is InChI=1S/C16H20ClN3O3/c1-2-20-10-11(9-14(20)21)15(22)18-7-8-19-16(23)12-5-3-4-6-13(12)17/h3-6,11H,2,7-10H2,1H3,(H,18,22)(H,19,23)/t11-/m1/s1. The second-order valence-electron chi connectivity index (χ2n) is 5.36. The zero-order chi connectivity index (χ0) is 16.8. The molecular formula is C16H20ClN3O3. The summed E-state index contributed by atoms with van der Waals surface area (Å²) in [6, 6.07) is 6.77. The third-order valence-electron chi connectivity index (χ3n) is 3.80. The van der Waals surface area contributed by atoms with E-state index in [1.165, 1.54) is 0 Å². The van der Waals surface area contributed by atoms with Crippen molar-refractivity contribution in [3.63, 3.8) is 0 Å². The molecule has 1 saturated heterocycles. The highest BCUT2D eigenvalue weighted by molar-refractivity contribution is 6.33. The molecule has 2 N–H and O–H groups in total. The normalized spacial score (nSPS) is 17.2. The van der Waals surface area contributed by atoms with Crippen molar-refractivity contribution in [2.24, 2.45) is 5.92 Å². The lowest BCUT2D eigenvalue weighted by Crippen LogP contribution is -2.38. The molecule has 1 aliphatic rings. The highest BCUT2D eigenvalue weighted by atomic mass is 35.5. The summed E-state index contributed by atoms with van der Waals surface area (Å²) in [6.45, 7) is 3.59. The van der Waals surface area contributed by atoms with E-state index < -0.39 is 0 Å². The summed E-state index contributed by atoms with van der Waals surface area (Å²) in [5.74, 6) is -0.722. The molecule has 7 heteroatoms. The maximum absolute atomic E-state index is 12.0. The van der Waals surface area contributed by atoms with Crippen LogP contribution in [0.4, 0.5) is 0 Å². The third kappa shape index (κ3) is 4.45. The monoisotopic (exact) mass is 337 g/mol. The quantitative estimate of drug-likeness (QED) is 0.762. The van der Waals surface area contributed by atoms with Crippen molar-refractivity contribution in [2.75, 3.05) is 26.2 Å².